The van der Waals surface area contributed by atoms with E-state index in [4.69, 9.17) is 4.74 Å². The molecule has 0 aromatic heterocycles. The van der Waals surface area contributed by atoms with Crippen molar-refractivity contribution in [3.8, 4) is 0 Å². The van der Waals surface area contributed by atoms with Crippen LogP contribution >= 0.6 is 0 Å². The quantitative estimate of drug-likeness (QED) is 0.465. The minimum atomic E-state index is -0.327. The molecule has 0 aliphatic carbocycles. The molecule has 0 aliphatic rings. The maximum atomic E-state index is 11.8. The summed E-state index contributed by atoms with van der Waals surface area (Å²) in [6.07, 6.45) is 0. The Kier molecular flexibility index (Phi) is 6.23. The molecule has 0 bridgehead atoms. The summed E-state index contributed by atoms with van der Waals surface area (Å²) in [7, 11) is 1.49. The van der Waals surface area contributed by atoms with Crippen molar-refractivity contribution in [3.05, 3.63) is 65.7 Å². The van der Waals surface area contributed by atoms with Gasteiger partial charge in [-0.25, -0.2) is 4.79 Å². The molecule has 1 amide bonds. The van der Waals surface area contributed by atoms with Gasteiger partial charge in [-0.1, -0.05) is 30.3 Å². The van der Waals surface area contributed by atoms with Gasteiger partial charge in [-0.2, -0.15) is 0 Å². The van der Waals surface area contributed by atoms with Crippen molar-refractivity contribution in [3.63, 3.8) is 0 Å². The van der Waals surface area contributed by atoms with Gasteiger partial charge in [0.25, 0.3) is 0 Å². The number of hydrogen-bond donors (Lipinski definition) is 2. The molecule has 0 aliphatic heterocycles. The van der Waals surface area contributed by atoms with E-state index in [9.17, 15) is 9.59 Å². The Balaban J connectivity index is 1.75. The van der Waals surface area contributed by atoms with Crippen LogP contribution in [0.4, 0.5) is 10.5 Å². The number of hydrogen-bond acceptors (Lipinski definition) is 4. The van der Waals surface area contributed by atoms with Crippen LogP contribution in [0.3, 0.4) is 0 Å². The number of carbonyl (C=O) groups excluding carboxylic acids is 2. The molecule has 5 nitrogen and oxygen atoms in total. The SMILES string of the molecule is BC(=O)NCc1cccc(NCCOC(=O)c2ccccc2)c1. The first-order chi connectivity index (χ1) is 11.1. The molecule has 0 unspecified atom stereocenters. The van der Waals surface area contributed by atoms with E-state index >= 15 is 0 Å². The lowest BCUT2D eigenvalue weighted by Gasteiger charge is -2.09. The maximum absolute atomic E-state index is 11.8. The predicted octanol–water partition coefficient (Wildman–Crippen LogP) is 1.80. The highest BCUT2D eigenvalue weighted by atomic mass is 16.5. The van der Waals surface area contributed by atoms with Crippen LogP contribution in [-0.4, -0.2) is 32.8 Å². The molecule has 0 radical (unpaired) electrons. The fourth-order valence-corrected chi connectivity index (χ4v) is 2.01. The molecule has 2 N–H and O–H groups in total. The number of carbonyl (C=O) groups is 2. The highest BCUT2D eigenvalue weighted by Gasteiger charge is 2.05. The number of anilines is 1. The van der Waals surface area contributed by atoms with Crippen LogP contribution in [0.5, 0.6) is 0 Å². The van der Waals surface area contributed by atoms with E-state index in [1.165, 1.54) is 7.85 Å². The molecule has 0 spiro atoms. The lowest BCUT2D eigenvalue weighted by atomic mass is 10.1. The zero-order chi connectivity index (χ0) is 16.5. The molecule has 0 saturated heterocycles. The van der Waals surface area contributed by atoms with Crippen molar-refractivity contribution in [1.82, 2.24) is 5.32 Å². The molecule has 6 heteroatoms. The summed E-state index contributed by atoms with van der Waals surface area (Å²) in [5.74, 6) is -0.386. The standard InChI is InChI=1S/C17H19BN2O3/c18-17(22)20-12-13-5-4-8-15(11-13)19-9-10-23-16(21)14-6-2-1-3-7-14/h1-8,11,19H,9-10,12,18H2,(H,20,22). The van der Waals surface area contributed by atoms with Gasteiger partial charge < -0.3 is 15.4 Å². The summed E-state index contributed by atoms with van der Waals surface area (Å²) in [5.41, 5.74) is 2.47. The summed E-state index contributed by atoms with van der Waals surface area (Å²) >= 11 is 0. The number of nitrogens with one attached hydrogen (secondary N) is 2. The highest BCUT2D eigenvalue weighted by molar-refractivity contribution is 6.57. The Morgan fingerprint density at radius 2 is 1.83 bits per heavy atom. The second-order valence-electron chi connectivity index (χ2n) is 5.04. The minimum absolute atomic E-state index is 0.0591. The molecule has 2 aromatic rings. The molecule has 118 valence electrons. The van der Waals surface area contributed by atoms with Gasteiger partial charge >= 0.3 is 5.97 Å². The molecule has 2 rings (SSSR count). The number of ether oxygens (including phenoxy) is 1. The summed E-state index contributed by atoms with van der Waals surface area (Å²) < 4.78 is 5.20. The van der Waals surface area contributed by atoms with E-state index in [1.54, 1.807) is 24.3 Å². The average Bonchev–Trinajstić information content (AvgIpc) is 2.58. The fourth-order valence-electron chi connectivity index (χ4n) is 2.01. The van der Waals surface area contributed by atoms with E-state index in [-0.39, 0.29) is 18.4 Å². The zero-order valence-corrected chi connectivity index (χ0v) is 13.0. The van der Waals surface area contributed by atoms with Crippen LogP contribution in [0.2, 0.25) is 0 Å². The predicted molar refractivity (Wildman–Crippen MR) is 92.4 cm³/mol. The van der Waals surface area contributed by atoms with Gasteiger partial charge in [0.2, 0.25) is 7.85 Å². The average molecular weight is 310 g/mol. The second-order valence-corrected chi connectivity index (χ2v) is 5.04. The maximum Gasteiger partial charge on any atom is 0.338 e. The van der Waals surface area contributed by atoms with Crippen LogP contribution in [0.25, 0.3) is 0 Å². The monoisotopic (exact) mass is 310 g/mol. The third-order valence-electron chi connectivity index (χ3n) is 3.14. The largest absolute Gasteiger partial charge is 0.460 e. The number of esters is 1. The van der Waals surface area contributed by atoms with Crippen molar-refractivity contribution < 1.29 is 14.3 Å². The first-order valence-electron chi connectivity index (χ1n) is 7.44. The Bertz CT molecular complexity index is 662. The van der Waals surface area contributed by atoms with Gasteiger partial charge in [-0.05, 0) is 29.8 Å². The van der Waals surface area contributed by atoms with Crippen molar-refractivity contribution in [2.24, 2.45) is 0 Å². The van der Waals surface area contributed by atoms with E-state index in [0.717, 1.165) is 11.3 Å². The molecular weight excluding hydrogens is 291 g/mol. The van der Waals surface area contributed by atoms with Gasteiger partial charge in [0.05, 0.1) is 5.56 Å². The van der Waals surface area contributed by atoms with E-state index in [0.29, 0.717) is 18.7 Å². The molecule has 0 atom stereocenters. The molecule has 23 heavy (non-hydrogen) atoms. The van der Waals surface area contributed by atoms with Crippen molar-refractivity contribution in [1.29, 1.82) is 0 Å². The lowest BCUT2D eigenvalue weighted by molar-refractivity contribution is 0.0520. The molecule has 0 heterocycles. The Morgan fingerprint density at radius 3 is 2.57 bits per heavy atom. The highest BCUT2D eigenvalue weighted by Crippen LogP contribution is 2.10. The normalized spacial score (nSPS) is 9.91. The second kappa shape index (κ2) is 8.63. The Labute approximate surface area is 136 Å². The lowest BCUT2D eigenvalue weighted by Crippen LogP contribution is -2.20. The molecular formula is C17H19BN2O3. The molecule has 0 saturated carbocycles. The number of rotatable bonds is 7. The molecule has 0 fully saturated rings. The molecule has 2 aromatic carbocycles. The van der Waals surface area contributed by atoms with Gasteiger partial charge in [0.15, 0.2) is 5.81 Å². The zero-order valence-electron chi connectivity index (χ0n) is 13.0. The van der Waals surface area contributed by atoms with Crippen molar-refractivity contribution in [2.45, 2.75) is 6.54 Å². The van der Waals surface area contributed by atoms with E-state index in [1.807, 2.05) is 30.3 Å². The van der Waals surface area contributed by atoms with Gasteiger partial charge in [-0.3, -0.25) is 4.79 Å². The Morgan fingerprint density at radius 1 is 1.04 bits per heavy atom. The van der Waals surface area contributed by atoms with Gasteiger partial charge in [0.1, 0.15) is 6.61 Å². The first kappa shape index (κ1) is 16.6. The summed E-state index contributed by atoms with van der Waals surface area (Å²) in [4.78, 5) is 22.7. The minimum Gasteiger partial charge on any atom is -0.460 e. The third-order valence-corrected chi connectivity index (χ3v) is 3.14. The van der Waals surface area contributed by atoms with Crippen LogP contribution in [0, 0.1) is 0 Å². The van der Waals surface area contributed by atoms with E-state index in [2.05, 4.69) is 10.6 Å². The van der Waals surface area contributed by atoms with Crippen molar-refractivity contribution >= 4 is 25.3 Å². The smallest absolute Gasteiger partial charge is 0.338 e. The van der Waals surface area contributed by atoms with Gasteiger partial charge in [0, 0.05) is 18.8 Å². The van der Waals surface area contributed by atoms with Crippen LogP contribution in [0.1, 0.15) is 15.9 Å². The van der Waals surface area contributed by atoms with E-state index < -0.39 is 0 Å². The summed E-state index contributed by atoms with van der Waals surface area (Å²) in [6.45, 7) is 1.29. The summed E-state index contributed by atoms with van der Waals surface area (Å²) in [6, 6.07) is 16.6. The third kappa shape index (κ3) is 5.86. The summed E-state index contributed by atoms with van der Waals surface area (Å²) in [5, 5.41) is 5.94. The first-order valence-corrected chi connectivity index (χ1v) is 7.44. The van der Waals surface area contributed by atoms with Crippen LogP contribution in [-0.2, 0) is 11.3 Å². The Hall–Kier alpha value is -2.76. The number of benzene rings is 2. The van der Waals surface area contributed by atoms with Gasteiger partial charge in [-0.15, -0.1) is 0 Å². The van der Waals surface area contributed by atoms with Crippen LogP contribution in [0.15, 0.2) is 54.6 Å². The number of amides is 1. The van der Waals surface area contributed by atoms with Crippen LogP contribution < -0.4 is 10.6 Å². The van der Waals surface area contributed by atoms with Crippen molar-refractivity contribution in [2.75, 3.05) is 18.5 Å². The topological polar surface area (TPSA) is 67.4 Å². The fraction of sp³-hybridized carbons (Fsp3) is 0.176.